The van der Waals surface area contributed by atoms with E-state index in [1.54, 1.807) is 25.1 Å². The van der Waals surface area contributed by atoms with Crippen LogP contribution in [0.2, 0.25) is 0 Å². The fourth-order valence-corrected chi connectivity index (χ4v) is 2.46. The zero-order chi connectivity index (χ0) is 15.4. The van der Waals surface area contributed by atoms with Gasteiger partial charge in [-0.15, -0.1) is 0 Å². The highest BCUT2D eigenvalue weighted by Gasteiger charge is 2.30. The molecule has 6 heteroatoms. The van der Waals surface area contributed by atoms with E-state index in [-0.39, 0.29) is 11.7 Å². The van der Waals surface area contributed by atoms with Crippen LogP contribution < -0.4 is 0 Å². The quantitative estimate of drug-likeness (QED) is 0.522. The predicted molar refractivity (Wildman–Crippen MR) is 76.4 cm³/mol. The van der Waals surface area contributed by atoms with Crippen molar-refractivity contribution in [3.8, 4) is 0 Å². The number of nitrogens with zero attached hydrogens (tertiary/aromatic N) is 1. The molecule has 0 radical (unpaired) electrons. The first-order valence-electron chi connectivity index (χ1n) is 6.84. The maximum atomic E-state index is 12.0. The van der Waals surface area contributed by atoms with Crippen molar-refractivity contribution in [2.24, 2.45) is 5.92 Å². The highest BCUT2D eigenvalue weighted by molar-refractivity contribution is 5.89. The fourth-order valence-electron chi connectivity index (χ4n) is 2.46. The lowest BCUT2D eigenvalue weighted by molar-refractivity contribution is -0.384. The van der Waals surface area contributed by atoms with Gasteiger partial charge in [0.05, 0.1) is 23.6 Å². The number of hydrogen-bond donors (Lipinski definition) is 1. The van der Waals surface area contributed by atoms with E-state index in [0.717, 1.165) is 0 Å². The van der Waals surface area contributed by atoms with Gasteiger partial charge in [-0.05, 0) is 43.0 Å². The Balaban J connectivity index is 2.32. The minimum Gasteiger partial charge on any atom is -0.466 e. The molecule has 1 aromatic rings. The summed E-state index contributed by atoms with van der Waals surface area (Å²) in [4.78, 5) is 22.2. The average molecular weight is 291 g/mol. The smallest absolute Gasteiger partial charge is 0.313 e. The molecule has 0 spiro atoms. The normalized spacial score (nSPS) is 21.5. The summed E-state index contributed by atoms with van der Waals surface area (Å²) in [7, 11) is 0. The van der Waals surface area contributed by atoms with Gasteiger partial charge in [0.1, 0.15) is 0 Å². The molecule has 1 aliphatic rings. The van der Waals surface area contributed by atoms with E-state index in [1.165, 1.54) is 12.1 Å². The number of carbonyl (C=O) groups excluding carboxylic acids is 1. The van der Waals surface area contributed by atoms with Crippen molar-refractivity contribution in [1.29, 1.82) is 0 Å². The maximum Gasteiger partial charge on any atom is 0.313 e. The van der Waals surface area contributed by atoms with E-state index in [2.05, 4.69) is 0 Å². The van der Waals surface area contributed by atoms with Gasteiger partial charge in [-0.2, -0.15) is 0 Å². The highest BCUT2D eigenvalue weighted by Crippen LogP contribution is 2.34. The lowest BCUT2D eigenvalue weighted by atomic mass is 9.82. The third kappa shape index (κ3) is 3.46. The first kappa shape index (κ1) is 15.2. The van der Waals surface area contributed by atoms with E-state index >= 15 is 0 Å². The molecule has 0 aliphatic heterocycles. The van der Waals surface area contributed by atoms with E-state index in [0.29, 0.717) is 30.6 Å². The van der Waals surface area contributed by atoms with Crippen molar-refractivity contribution in [2.75, 3.05) is 6.61 Å². The van der Waals surface area contributed by atoms with Gasteiger partial charge >= 0.3 is 5.97 Å². The van der Waals surface area contributed by atoms with Gasteiger partial charge < -0.3 is 9.84 Å². The van der Waals surface area contributed by atoms with Crippen LogP contribution in [-0.4, -0.2) is 28.7 Å². The number of benzene rings is 1. The molecule has 2 unspecified atom stereocenters. The van der Waals surface area contributed by atoms with Gasteiger partial charge in [0.25, 0.3) is 5.69 Å². The number of nitro benzene ring substituents is 1. The highest BCUT2D eigenvalue weighted by atomic mass is 16.6. The molecule has 0 aromatic heterocycles. The van der Waals surface area contributed by atoms with E-state index in [9.17, 15) is 20.0 Å². The first-order chi connectivity index (χ1) is 10.0. The molecule has 6 nitrogen and oxygen atoms in total. The van der Waals surface area contributed by atoms with Crippen molar-refractivity contribution in [2.45, 2.75) is 25.9 Å². The van der Waals surface area contributed by atoms with Crippen LogP contribution in [0.5, 0.6) is 0 Å². The van der Waals surface area contributed by atoms with Crippen molar-refractivity contribution >= 4 is 17.2 Å². The molecule has 0 bridgehead atoms. The van der Waals surface area contributed by atoms with Crippen LogP contribution >= 0.6 is 0 Å². The Kier molecular flexibility index (Phi) is 4.70. The molecule has 1 aromatic carbocycles. The molecule has 1 aliphatic carbocycles. The summed E-state index contributed by atoms with van der Waals surface area (Å²) in [6.45, 7) is 2.04. The third-order valence-corrected chi connectivity index (χ3v) is 3.48. The van der Waals surface area contributed by atoms with E-state index in [4.69, 9.17) is 4.74 Å². The van der Waals surface area contributed by atoms with Gasteiger partial charge in [-0.1, -0.05) is 6.08 Å². The molecule has 0 saturated carbocycles. The minimum atomic E-state index is -0.610. The Hall–Kier alpha value is -2.21. The number of nitro groups is 1. The van der Waals surface area contributed by atoms with E-state index in [1.807, 2.05) is 0 Å². The first-order valence-corrected chi connectivity index (χ1v) is 6.84. The topological polar surface area (TPSA) is 89.7 Å². The molecule has 1 N–H and O–H groups in total. The van der Waals surface area contributed by atoms with Crippen LogP contribution in [0.25, 0.3) is 5.57 Å². The van der Waals surface area contributed by atoms with Crippen LogP contribution in [0, 0.1) is 16.0 Å². The number of rotatable bonds is 4. The molecule has 0 amide bonds. The number of carbonyl (C=O) groups is 1. The Morgan fingerprint density at radius 2 is 2.05 bits per heavy atom. The summed E-state index contributed by atoms with van der Waals surface area (Å²) in [5.74, 6) is -0.760. The average Bonchev–Trinajstić information content (AvgIpc) is 2.47. The summed E-state index contributed by atoms with van der Waals surface area (Å²) >= 11 is 0. The van der Waals surface area contributed by atoms with Crippen molar-refractivity contribution < 1.29 is 19.6 Å². The number of non-ortho nitro benzene ring substituents is 1. The van der Waals surface area contributed by atoms with Crippen LogP contribution in [0.15, 0.2) is 30.3 Å². The van der Waals surface area contributed by atoms with Gasteiger partial charge in [-0.3, -0.25) is 14.9 Å². The van der Waals surface area contributed by atoms with Crippen molar-refractivity contribution in [3.05, 3.63) is 46.0 Å². The van der Waals surface area contributed by atoms with E-state index < -0.39 is 16.9 Å². The summed E-state index contributed by atoms with van der Waals surface area (Å²) in [6.07, 6.45) is 2.02. The standard InChI is InChI=1S/C15H17NO5/c1-2-21-15(18)13-8-7-12(17)9-14(13)10-3-5-11(6-4-10)16(19)20/h3-6,9,12-13,17H,2,7-8H2,1H3. The largest absolute Gasteiger partial charge is 0.466 e. The zero-order valence-corrected chi connectivity index (χ0v) is 11.7. The number of hydrogen-bond acceptors (Lipinski definition) is 5. The van der Waals surface area contributed by atoms with Crippen LogP contribution in [0.3, 0.4) is 0 Å². The Bertz CT molecular complexity index is 564. The lowest BCUT2D eigenvalue weighted by Crippen LogP contribution is -2.25. The summed E-state index contributed by atoms with van der Waals surface area (Å²) in [5, 5.41) is 20.5. The molecule has 21 heavy (non-hydrogen) atoms. The maximum absolute atomic E-state index is 12.0. The molecule has 0 saturated heterocycles. The van der Waals surface area contributed by atoms with Gasteiger partial charge in [0, 0.05) is 12.1 Å². The Morgan fingerprint density at radius 3 is 2.62 bits per heavy atom. The minimum absolute atomic E-state index is 0.0107. The number of ether oxygens (including phenoxy) is 1. The number of esters is 1. The third-order valence-electron chi connectivity index (χ3n) is 3.48. The molecular formula is C15H17NO5. The zero-order valence-electron chi connectivity index (χ0n) is 11.7. The van der Waals surface area contributed by atoms with Gasteiger partial charge in [0.15, 0.2) is 0 Å². The summed E-state index contributed by atoms with van der Waals surface area (Å²) in [6, 6.07) is 5.96. The Morgan fingerprint density at radius 1 is 1.38 bits per heavy atom. The van der Waals surface area contributed by atoms with Crippen molar-refractivity contribution in [3.63, 3.8) is 0 Å². The molecule has 0 fully saturated rings. The molecule has 0 heterocycles. The van der Waals surface area contributed by atoms with Gasteiger partial charge in [-0.25, -0.2) is 0 Å². The number of aliphatic hydroxyl groups is 1. The predicted octanol–water partition coefficient (Wildman–Crippen LogP) is 2.31. The Labute approximate surface area is 122 Å². The van der Waals surface area contributed by atoms with Crippen LogP contribution in [-0.2, 0) is 9.53 Å². The fraction of sp³-hybridized carbons (Fsp3) is 0.400. The molecular weight excluding hydrogens is 274 g/mol. The van der Waals surface area contributed by atoms with Gasteiger partial charge in [0.2, 0.25) is 0 Å². The SMILES string of the molecule is CCOC(=O)C1CCC(O)C=C1c1ccc([N+](=O)[O-])cc1. The summed E-state index contributed by atoms with van der Waals surface area (Å²) < 4.78 is 5.06. The van der Waals surface area contributed by atoms with Crippen LogP contribution in [0.1, 0.15) is 25.3 Å². The second kappa shape index (κ2) is 6.49. The molecule has 2 rings (SSSR count). The second-order valence-electron chi connectivity index (χ2n) is 4.88. The van der Waals surface area contributed by atoms with Crippen LogP contribution in [0.4, 0.5) is 5.69 Å². The molecule has 112 valence electrons. The second-order valence-corrected chi connectivity index (χ2v) is 4.88. The van der Waals surface area contributed by atoms with Crippen molar-refractivity contribution in [1.82, 2.24) is 0 Å². The number of aliphatic hydroxyl groups excluding tert-OH is 1. The molecule has 2 atom stereocenters. The lowest BCUT2D eigenvalue weighted by Gasteiger charge is -2.25. The summed E-state index contributed by atoms with van der Waals surface area (Å²) in [5.41, 5.74) is 1.35. The monoisotopic (exact) mass is 291 g/mol.